The lowest BCUT2D eigenvalue weighted by molar-refractivity contribution is -0.180. The molecule has 0 bridgehead atoms. The summed E-state index contributed by atoms with van der Waals surface area (Å²) in [4.78, 5) is 5.43. The molecule has 33 heavy (non-hydrogen) atoms. The van der Waals surface area contributed by atoms with Crippen molar-refractivity contribution in [3.8, 4) is 0 Å². The van der Waals surface area contributed by atoms with E-state index in [0.717, 1.165) is 23.6 Å². The number of hydrogen-bond acceptors (Lipinski definition) is 4. The Kier molecular flexibility index (Phi) is 7.99. The van der Waals surface area contributed by atoms with Crippen LogP contribution in [0.3, 0.4) is 0 Å². The van der Waals surface area contributed by atoms with Gasteiger partial charge >= 0.3 is 0 Å². The molecule has 0 amide bonds. The fraction of sp³-hybridized carbons (Fsp3) is 0.269. The minimum absolute atomic E-state index is 0. The first-order chi connectivity index (χ1) is 15.7. The van der Waals surface area contributed by atoms with E-state index in [1.807, 2.05) is 41.0 Å². The number of benzene rings is 3. The summed E-state index contributed by atoms with van der Waals surface area (Å²) in [5.41, 5.74) is 1.22. The van der Waals surface area contributed by atoms with Crippen LogP contribution >= 0.6 is 35.8 Å². The van der Waals surface area contributed by atoms with Crippen LogP contribution in [-0.2, 0) is 22.4 Å². The molecule has 0 N–H and O–H groups in total. The van der Waals surface area contributed by atoms with Crippen LogP contribution in [0.5, 0.6) is 0 Å². The molecule has 1 saturated heterocycles. The number of thioether (sulfide) groups is 1. The van der Waals surface area contributed by atoms with E-state index in [4.69, 9.17) is 21.1 Å². The molecule has 2 heterocycles. The van der Waals surface area contributed by atoms with Crippen molar-refractivity contribution in [3.05, 3.63) is 96.0 Å². The predicted molar refractivity (Wildman–Crippen MR) is 137 cm³/mol. The number of imidazole rings is 1. The zero-order valence-electron chi connectivity index (χ0n) is 18.1. The minimum Gasteiger partial charge on any atom is -0.345 e. The molecule has 0 saturated carbocycles. The van der Waals surface area contributed by atoms with E-state index in [1.165, 1.54) is 21.2 Å². The molecule has 0 radical (unpaired) electrons. The summed E-state index contributed by atoms with van der Waals surface area (Å²) in [6.07, 6.45) is 7.22. The molecule has 0 aliphatic carbocycles. The maximum atomic E-state index is 6.56. The van der Waals surface area contributed by atoms with Gasteiger partial charge in [-0.1, -0.05) is 54.1 Å². The summed E-state index contributed by atoms with van der Waals surface area (Å²) in [7, 11) is 0. The second-order valence-corrected chi connectivity index (χ2v) is 9.67. The van der Waals surface area contributed by atoms with Crippen molar-refractivity contribution < 1.29 is 9.47 Å². The van der Waals surface area contributed by atoms with Crippen LogP contribution < -0.4 is 0 Å². The van der Waals surface area contributed by atoms with Crippen molar-refractivity contribution in [3.63, 3.8) is 0 Å². The van der Waals surface area contributed by atoms with Crippen LogP contribution in [0.4, 0.5) is 0 Å². The van der Waals surface area contributed by atoms with Crippen LogP contribution in [0.15, 0.2) is 90.3 Å². The zero-order chi connectivity index (χ0) is 21.8. The Morgan fingerprint density at radius 3 is 2.67 bits per heavy atom. The summed E-state index contributed by atoms with van der Waals surface area (Å²) >= 11 is 7.85. The van der Waals surface area contributed by atoms with E-state index in [0.29, 0.717) is 13.2 Å². The molecule has 4 nitrogen and oxygen atoms in total. The third-order valence-electron chi connectivity index (χ3n) is 5.76. The number of nitrogens with zero attached hydrogens (tertiary/aromatic N) is 2. The van der Waals surface area contributed by atoms with Gasteiger partial charge in [-0.15, -0.1) is 24.2 Å². The van der Waals surface area contributed by atoms with Gasteiger partial charge in [-0.05, 0) is 47.0 Å². The van der Waals surface area contributed by atoms with Crippen molar-refractivity contribution in [2.24, 2.45) is 0 Å². The second kappa shape index (κ2) is 10.9. The minimum atomic E-state index is -0.658. The molecule has 2 unspecified atom stereocenters. The lowest BCUT2D eigenvalue weighted by atomic mass is 10.0. The lowest BCUT2D eigenvalue weighted by Crippen LogP contribution is -2.37. The number of hydrogen-bond donors (Lipinski definition) is 0. The molecular formula is C26H26Cl2N2O2S. The van der Waals surface area contributed by atoms with Crippen LogP contribution in [0.25, 0.3) is 10.8 Å². The molecule has 2 atom stereocenters. The van der Waals surface area contributed by atoms with Gasteiger partial charge in [0.15, 0.2) is 5.79 Å². The topological polar surface area (TPSA) is 36.3 Å². The summed E-state index contributed by atoms with van der Waals surface area (Å²) in [6.45, 7) is 1.22. The summed E-state index contributed by atoms with van der Waals surface area (Å²) in [5.74, 6) is 0.194. The first-order valence-electron chi connectivity index (χ1n) is 10.8. The van der Waals surface area contributed by atoms with Crippen LogP contribution in [0.1, 0.15) is 12.0 Å². The highest BCUT2D eigenvalue weighted by Gasteiger charge is 2.41. The van der Waals surface area contributed by atoms with E-state index in [2.05, 4.69) is 59.6 Å². The molecule has 1 fully saturated rings. The third kappa shape index (κ3) is 6.11. The molecule has 1 aromatic heterocycles. The van der Waals surface area contributed by atoms with Crippen LogP contribution in [0, 0.1) is 0 Å². The van der Waals surface area contributed by atoms with Crippen LogP contribution in [0.2, 0.25) is 5.02 Å². The average Bonchev–Trinajstić information content (AvgIpc) is 3.48. The summed E-state index contributed by atoms with van der Waals surface area (Å²) in [6, 6.07) is 23.0. The van der Waals surface area contributed by atoms with Gasteiger partial charge in [0.25, 0.3) is 0 Å². The predicted octanol–water partition coefficient (Wildman–Crippen LogP) is 6.65. The summed E-state index contributed by atoms with van der Waals surface area (Å²) < 4.78 is 14.9. The van der Waals surface area contributed by atoms with Crippen molar-refractivity contribution in [1.82, 2.24) is 9.55 Å². The summed E-state index contributed by atoms with van der Waals surface area (Å²) in [5, 5.41) is 3.28. The number of aromatic nitrogens is 2. The van der Waals surface area contributed by atoms with E-state index in [-0.39, 0.29) is 18.5 Å². The number of ether oxygens (including phenoxy) is 2. The van der Waals surface area contributed by atoms with Gasteiger partial charge in [-0.2, -0.15) is 0 Å². The highest BCUT2D eigenvalue weighted by Crippen LogP contribution is 2.34. The van der Waals surface area contributed by atoms with Crippen molar-refractivity contribution in [2.45, 2.75) is 36.2 Å². The molecule has 4 aromatic rings. The monoisotopic (exact) mass is 500 g/mol. The molecule has 7 heteroatoms. The number of halogens is 2. The smallest absolute Gasteiger partial charge is 0.187 e. The van der Waals surface area contributed by atoms with Crippen LogP contribution in [-0.4, -0.2) is 33.8 Å². The fourth-order valence-electron chi connectivity index (χ4n) is 4.08. The van der Waals surface area contributed by atoms with Gasteiger partial charge in [-0.3, -0.25) is 0 Å². The van der Waals surface area contributed by atoms with Gasteiger partial charge in [0, 0.05) is 34.5 Å². The van der Waals surface area contributed by atoms with E-state index < -0.39 is 5.79 Å². The Morgan fingerprint density at radius 1 is 1.06 bits per heavy atom. The SMILES string of the molecule is Cl.Clc1ccc(CCC2(Cn3ccnc3)OCC(CSc3ccc4ccccc4c3)O2)cc1. The maximum Gasteiger partial charge on any atom is 0.187 e. The molecule has 0 spiro atoms. The third-order valence-corrected chi connectivity index (χ3v) is 7.14. The van der Waals surface area contributed by atoms with Crippen molar-refractivity contribution in [1.29, 1.82) is 0 Å². The Labute approximate surface area is 209 Å². The molecule has 3 aromatic carbocycles. The molecule has 5 rings (SSSR count). The van der Waals surface area contributed by atoms with Gasteiger partial charge in [0.05, 0.1) is 25.6 Å². The van der Waals surface area contributed by atoms with Gasteiger partial charge < -0.3 is 14.0 Å². The van der Waals surface area contributed by atoms with E-state index >= 15 is 0 Å². The quantitative estimate of drug-likeness (QED) is 0.254. The Bertz CT molecular complexity index is 1170. The largest absolute Gasteiger partial charge is 0.345 e. The number of aryl methyl sites for hydroxylation is 1. The van der Waals surface area contributed by atoms with Gasteiger partial charge in [-0.25, -0.2) is 4.98 Å². The van der Waals surface area contributed by atoms with Crippen molar-refractivity contribution in [2.75, 3.05) is 12.4 Å². The zero-order valence-corrected chi connectivity index (χ0v) is 20.5. The lowest BCUT2D eigenvalue weighted by Gasteiger charge is -2.28. The standard InChI is InChI=1S/C26H25ClN2O2S.ClH/c27-23-8-5-20(6-9-23)11-12-26(18-29-14-13-28-19-29)30-16-24(31-26)17-32-25-10-7-21-3-1-2-4-22(21)15-25;/h1-10,13-15,19,24H,11-12,16-18H2;1H. The first kappa shape index (κ1) is 24.1. The number of rotatable bonds is 8. The highest BCUT2D eigenvalue weighted by atomic mass is 35.5. The molecule has 1 aliphatic rings. The normalized spacial score (nSPS) is 20.1. The Hall–Kier alpha value is -2.02. The Balaban J connectivity index is 0.00000259. The van der Waals surface area contributed by atoms with Gasteiger partial charge in [0.1, 0.15) is 0 Å². The fourth-order valence-corrected chi connectivity index (χ4v) is 5.13. The van der Waals surface area contributed by atoms with E-state index in [9.17, 15) is 0 Å². The van der Waals surface area contributed by atoms with Gasteiger partial charge in [0.2, 0.25) is 0 Å². The van der Waals surface area contributed by atoms with Crippen molar-refractivity contribution >= 4 is 46.5 Å². The molecule has 172 valence electrons. The Morgan fingerprint density at radius 2 is 1.88 bits per heavy atom. The molecule has 1 aliphatic heterocycles. The van der Waals surface area contributed by atoms with E-state index in [1.54, 1.807) is 6.20 Å². The second-order valence-electron chi connectivity index (χ2n) is 8.14. The maximum absolute atomic E-state index is 6.56. The first-order valence-corrected chi connectivity index (χ1v) is 12.2. The molecular weight excluding hydrogens is 475 g/mol. The number of fused-ring (bicyclic) bond motifs is 1. The average molecular weight is 501 g/mol. The highest BCUT2D eigenvalue weighted by molar-refractivity contribution is 7.99.